The number of benzene rings is 1. The molecule has 0 amide bonds. The predicted octanol–water partition coefficient (Wildman–Crippen LogP) is 2.08. The Balaban J connectivity index is 2.37. The van der Waals surface area contributed by atoms with E-state index in [9.17, 15) is 0 Å². The van der Waals surface area contributed by atoms with Crippen LogP contribution >= 0.6 is 12.2 Å². The van der Waals surface area contributed by atoms with Crippen molar-refractivity contribution in [2.24, 2.45) is 5.73 Å². The van der Waals surface area contributed by atoms with Gasteiger partial charge in [0.2, 0.25) is 0 Å². The first-order valence-corrected chi connectivity index (χ1v) is 4.68. The highest BCUT2D eigenvalue weighted by Gasteiger charge is 1.91. The molecule has 1 aromatic rings. The van der Waals surface area contributed by atoms with Crippen molar-refractivity contribution in [2.45, 2.75) is 13.3 Å². The maximum Gasteiger partial charge on any atom is 0.0745 e. The lowest BCUT2D eigenvalue weighted by Gasteiger charge is -2.05. The number of hydrogen-bond donors (Lipinski definition) is 2. The van der Waals surface area contributed by atoms with Crippen LogP contribution < -0.4 is 11.1 Å². The summed E-state index contributed by atoms with van der Waals surface area (Å²) in [5.41, 5.74) is 7.75. The topological polar surface area (TPSA) is 38.0 Å². The van der Waals surface area contributed by atoms with Crippen molar-refractivity contribution in [3.63, 3.8) is 0 Å². The summed E-state index contributed by atoms with van der Waals surface area (Å²) in [6.07, 6.45) is 0.739. The molecule has 0 saturated heterocycles. The highest BCUT2D eigenvalue weighted by atomic mass is 32.1. The van der Waals surface area contributed by atoms with Crippen molar-refractivity contribution in [1.82, 2.24) is 0 Å². The zero-order chi connectivity index (χ0) is 9.68. The average molecular weight is 194 g/mol. The largest absolute Gasteiger partial charge is 0.393 e. The van der Waals surface area contributed by atoms with E-state index >= 15 is 0 Å². The Hall–Kier alpha value is -1.09. The number of hydrogen-bond acceptors (Lipinski definition) is 2. The highest BCUT2D eigenvalue weighted by molar-refractivity contribution is 7.80. The molecule has 0 aliphatic rings. The van der Waals surface area contributed by atoms with E-state index in [1.807, 2.05) is 0 Å². The van der Waals surface area contributed by atoms with E-state index in [1.165, 1.54) is 5.56 Å². The Morgan fingerprint density at radius 2 is 2.00 bits per heavy atom. The van der Waals surface area contributed by atoms with Gasteiger partial charge in [0.15, 0.2) is 0 Å². The van der Waals surface area contributed by atoms with Gasteiger partial charge in [-0.2, -0.15) is 0 Å². The molecule has 0 heterocycles. The molecule has 0 spiro atoms. The van der Waals surface area contributed by atoms with Crippen LogP contribution in [0.25, 0.3) is 0 Å². The fourth-order valence-electron chi connectivity index (χ4n) is 1.00. The first-order chi connectivity index (χ1) is 6.18. The van der Waals surface area contributed by atoms with Gasteiger partial charge in [-0.1, -0.05) is 29.9 Å². The van der Waals surface area contributed by atoms with Crippen molar-refractivity contribution in [3.8, 4) is 0 Å². The van der Waals surface area contributed by atoms with Crippen LogP contribution in [0.5, 0.6) is 0 Å². The van der Waals surface area contributed by atoms with Crippen LogP contribution in [0, 0.1) is 6.92 Å². The molecule has 2 nitrogen and oxygen atoms in total. The van der Waals surface area contributed by atoms with E-state index in [-0.39, 0.29) is 0 Å². The normalized spacial score (nSPS) is 9.62. The third-order valence-electron chi connectivity index (χ3n) is 1.75. The fraction of sp³-hybridized carbons (Fsp3) is 0.300. The van der Waals surface area contributed by atoms with Crippen LogP contribution in [0.4, 0.5) is 5.69 Å². The average Bonchev–Trinajstić information content (AvgIpc) is 2.08. The zero-order valence-corrected chi connectivity index (χ0v) is 8.53. The standard InChI is InChI=1S/C10H14N2S/c1-8-2-4-9(5-3-8)12-7-6-10(11)13/h2-5,12H,6-7H2,1H3,(H2,11,13). The lowest BCUT2D eigenvalue weighted by atomic mass is 10.2. The molecule has 0 aromatic heterocycles. The SMILES string of the molecule is Cc1ccc(NCCC(N)=S)cc1. The van der Waals surface area contributed by atoms with Crippen LogP contribution in [0.15, 0.2) is 24.3 Å². The molecule has 1 rings (SSSR count). The quantitative estimate of drug-likeness (QED) is 0.721. The monoisotopic (exact) mass is 194 g/mol. The van der Waals surface area contributed by atoms with E-state index < -0.39 is 0 Å². The summed E-state index contributed by atoms with van der Waals surface area (Å²) < 4.78 is 0. The van der Waals surface area contributed by atoms with Gasteiger partial charge in [-0.15, -0.1) is 0 Å². The molecule has 13 heavy (non-hydrogen) atoms. The first kappa shape index (κ1) is 9.99. The molecule has 0 atom stereocenters. The second-order valence-corrected chi connectivity index (χ2v) is 3.53. The number of rotatable bonds is 4. The van der Waals surface area contributed by atoms with Crippen molar-refractivity contribution >= 4 is 22.9 Å². The Kier molecular flexibility index (Phi) is 3.71. The third kappa shape index (κ3) is 3.90. The first-order valence-electron chi connectivity index (χ1n) is 4.27. The Bertz CT molecular complexity index is 279. The van der Waals surface area contributed by atoms with Crippen molar-refractivity contribution in [2.75, 3.05) is 11.9 Å². The second kappa shape index (κ2) is 4.82. The van der Waals surface area contributed by atoms with Gasteiger partial charge < -0.3 is 11.1 Å². The minimum Gasteiger partial charge on any atom is -0.393 e. The van der Waals surface area contributed by atoms with Crippen LogP contribution in [-0.4, -0.2) is 11.5 Å². The van der Waals surface area contributed by atoms with Crippen LogP contribution in [0.2, 0.25) is 0 Å². The van der Waals surface area contributed by atoms with E-state index in [2.05, 4.69) is 36.5 Å². The molecule has 70 valence electrons. The molecule has 0 aliphatic carbocycles. The Labute approximate surface area is 84.1 Å². The van der Waals surface area contributed by atoms with Gasteiger partial charge in [0, 0.05) is 18.7 Å². The lowest BCUT2D eigenvalue weighted by molar-refractivity contribution is 1.11. The maximum atomic E-state index is 5.37. The molecule has 3 N–H and O–H groups in total. The van der Waals surface area contributed by atoms with Gasteiger partial charge in [-0.25, -0.2) is 0 Å². The molecule has 1 aromatic carbocycles. The maximum absolute atomic E-state index is 5.37. The number of nitrogens with two attached hydrogens (primary N) is 1. The van der Waals surface area contributed by atoms with Crippen LogP contribution in [0.3, 0.4) is 0 Å². The minimum atomic E-state index is 0.555. The van der Waals surface area contributed by atoms with Crippen molar-refractivity contribution < 1.29 is 0 Å². The highest BCUT2D eigenvalue weighted by Crippen LogP contribution is 2.07. The summed E-state index contributed by atoms with van der Waals surface area (Å²) in [7, 11) is 0. The van der Waals surface area contributed by atoms with Gasteiger partial charge in [0.25, 0.3) is 0 Å². The summed E-state index contributed by atoms with van der Waals surface area (Å²) in [4.78, 5) is 0.555. The number of thiocarbonyl (C=S) groups is 1. The molecule has 0 bridgehead atoms. The molecular formula is C10H14N2S. The molecule has 3 heteroatoms. The molecule has 0 unspecified atom stereocenters. The number of anilines is 1. The summed E-state index contributed by atoms with van der Waals surface area (Å²) in [5.74, 6) is 0. The van der Waals surface area contributed by atoms with E-state index in [4.69, 9.17) is 18.0 Å². The zero-order valence-electron chi connectivity index (χ0n) is 7.71. The van der Waals surface area contributed by atoms with Gasteiger partial charge in [0.1, 0.15) is 0 Å². The van der Waals surface area contributed by atoms with Crippen molar-refractivity contribution in [1.29, 1.82) is 0 Å². The third-order valence-corrected chi connectivity index (χ3v) is 1.96. The second-order valence-electron chi connectivity index (χ2n) is 3.01. The Morgan fingerprint density at radius 1 is 1.38 bits per heavy atom. The van der Waals surface area contributed by atoms with E-state index in [1.54, 1.807) is 0 Å². The molecule has 0 radical (unpaired) electrons. The van der Waals surface area contributed by atoms with E-state index in [0.29, 0.717) is 4.99 Å². The summed E-state index contributed by atoms with van der Waals surface area (Å²) in [6, 6.07) is 8.25. The molecule has 0 saturated carbocycles. The van der Waals surface area contributed by atoms with Gasteiger partial charge in [-0.05, 0) is 19.1 Å². The van der Waals surface area contributed by atoms with Crippen LogP contribution in [0.1, 0.15) is 12.0 Å². The Morgan fingerprint density at radius 3 is 2.54 bits per heavy atom. The minimum absolute atomic E-state index is 0.555. The summed E-state index contributed by atoms with van der Waals surface area (Å²) in [6.45, 7) is 2.87. The van der Waals surface area contributed by atoms with Crippen LogP contribution in [-0.2, 0) is 0 Å². The molecule has 0 aliphatic heterocycles. The van der Waals surface area contributed by atoms with Gasteiger partial charge in [-0.3, -0.25) is 0 Å². The van der Waals surface area contributed by atoms with Gasteiger partial charge >= 0.3 is 0 Å². The summed E-state index contributed by atoms with van der Waals surface area (Å²) >= 11 is 4.77. The number of nitrogens with one attached hydrogen (secondary N) is 1. The predicted molar refractivity (Wildman–Crippen MR) is 61.1 cm³/mol. The smallest absolute Gasteiger partial charge is 0.0745 e. The lowest BCUT2D eigenvalue weighted by Crippen LogP contribution is -2.13. The summed E-state index contributed by atoms with van der Waals surface area (Å²) in [5, 5.41) is 3.24. The molecule has 0 fully saturated rings. The number of aryl methyl sites for hydroxylation is 1. The van der Waals surface area contributed by atoms with E-state index in [0.717, 1.165) is 18.7 Å². The molecular weight excluding hydrogens is 180 g/mol. The fourth-order valence-corrected chi connectivity index (χ4v) is 1.10. The van der Waals surface area contributed by atoms with Gasteiger partial charge in [0.05, 0.1) is 4.99 Å². The van der Waals surface area contributed by atoms with Crippen molar-refractivity contribution in [3.05, 3.63) is 29.8 Å².